The van der Waals surface area contributed by atoms with E-state index in [4.69, 9.17) is 15.2 Å². The first kappa shape index (κ1) is 22.2. The standard InChI is InChI=1S/C18H25FN2O4.ClH/c1-2-24-18(23)12-3-6-14(7-4-12)25-16-8-5-13(11-15(16)19)17(22)21-10-9-20;/h5,8,11-12,14H,2-4,6-7,9-10,20H2,1H3,(H,21,22);1H/t12-,14+;. The topological polar surface area (TPSA) is 90.6 Å². The van der Waals surface area contributed by atoms with Crippen LogP contribution in [0.3, 0.4) is 0 Å². The normalized spacial score (nSPS) is 19.2. The Morgan fingerprint density at radius 1 is 1.27 bits per heavy atom. The van der Waals surface area contributed by atoms with Crippen LogP contribution in [0, 0.1) is 11.7 Å². The number of hydrogen-bond acceptors (Lipinski definition) is 5. The molecular formula is C18H26ClFN2O4. The number of nitrogens with two attached hydrogens (primary N) is 1. The average Bonchev–Trinajstić information content (AvgIpc) is 2.62. The number of esters is 1. The van der Waals surface area contributed by atoms with Gasteiger partial charge in [-0.05, 0) is 50.8 Å². The fraction of sp³-hybridized carbons (Fsp3) is 0.556. The van der Waals surface area contributed by atoms with Gasteiger partial charge in [-0.15, -0.1) is 12.4 Å². The summed E-state index contributed by atoms with van der Waals surface area (Å²) in [6, 6.07) is 4.14. The highest BCUT2D eigenvalue weighted by Gasteiger charge is 2.28. The van der Waals surface area contributed by atoms with Gasteiger partial charge < -0.3 is 20.5 Å². The van der Waals surface area contributed by atoms with Crippen LogP contribution in [-0.4, -0.2) is 37.7 Å². The third-order valence-corrected chi connectivity index (χ3v) is 4.21. The molecule has 1 saturated carbocycles. The van der Waals surface area contributed by atoms with Crippen LogP contribution in [-0.2, 0) is 9.53 Å². The maximum Gasteiger partial charge on any atom is 0.308 e. The zero-order valence-electron chi connectivity index (χ0n) is 14.8. The maximum absolute atomic E-state index is 14.2. The molecule has 26 heavy (non-hydrogen) atoms. The van der Waals surface area contributed by atoms with E-state index in [0.717, 1.165) is 6.07 Å². The third-order valence-electron chi connectivity index (χ3n) is 4.21. The lowest BCUT2D eigenvalue weighted by molar-refractivity contribution is -0.149. The third kappa shape index (κ3) is 6.14. The molecule has 2 rings (SSSR count). The molecule has 0 radical (unpaired) electrons. The van der Waals surface area contributed by atoms with Gasteiger partial charge in [0.05, 0.1) is 18.6 Å². The predicted molar refractivity (Wildman–Crippen MR) is 98.0 cm³/mol. The van der Waals surface area contributed by atoms with Crippen molar-refractivity contribution in [3.8, 4) is 5.75 Å². The van der Waals surface area contributed by atoms with Crippen LogP contribution < -0.4 is 15.8 Å². The van der Waals surface area contributed by atoms with E-state index >= 15 is 0 Å². The summed E-state index contributed by atoms with van der Waals surface area (Å²) in [6.45, 7) is 2.83. The molecule has 0 saturated heterocycles. The molecule has 1 aromatic rings. The lowest BCUT2D eigenvalue weighted by Gasteiger charge is -2.27. The zero-order valence-corrected chi connectivity index (χ0v) is 15.6. The number of benzene rings is 1. The molecule has 0 heterocycles. The Kier molecular flexibility index (Phi) is 9.37. The van der Waals surface area contributed by atoms with Gasteiger partial charge in [0.1, 0.15) is 0 Å². The first-order valence-corrected chi connectivity index (χ1v) is 8.66. The number of rotatable bonds is 7. The summed E-state index contributed by atoms with van der Waals surface area (Å²) in [5, 5.41) is 2.59. The molecule has 1 aliphatic rings. The second-order valence-electron chi connectivity index (χ2n) is 6.03. The minimum atomic E-state index is -0.576. The van der Waals surface area contributed by atoms with Crippen molar-refractivity contribution in [2.45, 2.75) is 38.7 Å². The van der Waals surface area contributed by atoms with Crippen molar-refractivity contribution >= 4 is 24.3 Å². The number of carbonyl (C=O) groups excluding carboxylic acids is 2. The molecule has 0 bridgehead atoms. The van der Waals surface area contributed by atoms with E-state index in [1.807, 2.05) is 0 Å². The van der Waals surface area contributed by atoms with Crippen molar-refractivity contribution in [1.29, 1.82) is 0 Å². The van der Waals surface area contributed by atoms with Crippen LogP contribution in [0.2, 0.25) is 0 Å². The van der Waals surface area contributed by atoms with E-state index in [1.165, 1.54) is 12.1 Å². The van der Waals surface area contributed by atoms with E-state index in [9.17, 15) is 14.0 Å². The molecule has 1 fully saturated rings. The monoisotopic (exact) mass is 388 g/mol. The van der Waals surface area contributed by atoms with E-state index in [2.05, 4.69) is 5.32 Å². The molecule has 3 N–H and O–H groups in total. The minimum Gasteiger partial charge on any atom is -0.487 e. The van der Waals surface area contributed by atoms with Crippen LogP contribution in [0.1, 0.15) is 43.0 Å². The van der Waals surface area contributed by atoms with Crippen LogP contribution in [0.25, 0.3) is 0 Å². The first-order chi connectivity index (χ1) is 12.0. The summed E-state index contributed by atoms with van der Waals surface area (Å²) < 4.78 is 24.9. The maximum atomic E-state index is 14.2. The van der Waals surface area contributed by atoms with E-state index in [1.54, 1.807) is 6.92 Å². The molecule has 6 nitrogen and oxygen atoms in total. The Bertz CT molecular complexity index is 607. The summed E-state index contributed by atoms with van der Waals surface area (Å²) in [5.41, 5.74) is 5.55. The lowest BCUT2D eigenvalue weighted by Crippen LogP contribution is -2.30. The fourth-order valence-corrected chi connectivity index (χ4v) is 2.88. The van der Waals surface area contributed by atoms with Gasteiger partial charge >= 0.3 is 5.97 Å². The number of amides is 1. The van der Waals surface area contributed by atoms with Gasteiger partial charge in [-0.1, -0.05) is 0 Å². The molecule has 1 aromatic carbocycles. The molecule has 146 valence electrons. The fourth-order valence-electron chi connectivity index (χ4n) is 2.88. The summed E-state index contributed by atoms with van der Waals surface area (Å²) in [6.07, 6.45) is 2.54. The predicted octanol–water partition coefficient (Wildman–Crippen LogP) is 2.44. The second-order valence-corrected chi connectivity index (χ2v) is 6.03. The first-order valence-electron chi connectivity index (χ1n) is 8.66. The van der Waals surface area contributed by atoms with Crippen LogP contribution in [0.5, 0.6) is 5.75 Å². The number of carbonyl (C=O) groups is 2. The van der Waals surface area contributed by atoms with Gasteiger partial charge in [0, 0.05) is 18.7 Å². The number of ether oxygens (including phenoxy) is 2. The van der Waals surface area contributed by atoms with Crippen LogP contribution in [0.4, 0.5) is 4.39 Å². The quantitative estimate of drug-likeness (QED) is 0.700. The molecule has 0 unspecified atom stereocenters. The Hall–Kier alpha value is -1.86. The number of nitrogens with one attached hydrogen (secondary N) is 1. The number of hydrogen-bond donors (Lipinski definition) is 2. The highest BCUT2D eigenvalue weighted by molar-refractivity contribution is 5.94. The SMILES string of the molecule is CCOC(=O)[C@H]1CC[C@@H](Oc2ccc(C(=O)NCCN)cc2F)CC1.Cl. The second kappa shape index (κ2) is 11.0. The van der Waals surface area contributed by atoms with Crippen molar-refractivity contribution < 1.29 is 23.5 Å². The van der Waals surface area contributed by atoms with Gasteiger partial charge in [-0.2, -0.15) is 0 Å². The van der Waals surface area contributed by atoms with Gasteiger partial charge in [-0.25, -0.2) is 4.39 Å². The van der Waals surface area contributed by atoms with Crippen molar-refractivity contribution in [3.05, 3.63) is 29.6 Å². The Balaban J connectivity index is 0.00000338. The molecule has 0 spiro atoms. The summed E-state index contributed by atoms with van der Waals surface area (Å²) in [5.74, 6) is -1.09. The lowest BCUT2D eigenvalue weighted by atomic mass is 9.87. The van der Waals surface area contributed by atoms with Crippen molar-refractivity contribution in [2.24, 2.45) is 11.7 Å². The molecular weight excluding hydrogens is 363 g/mol. The van der Waals surface area contributed by atoms with E-state index in [0.29, 0.717) is 45.4 Å². The van der Waals surface area contributed by atoms with E-state index < -0.39 is 5.82 Å². The van der Waals surface area contributed by atoms with Crippen molar-refractivity contribution in [1.82, 2.24) is 5.32 Å². The largest absolute Gasteiger partial charge is 0.487 e. The van der Waals surface area contributed by atoms with Gasteiger partial charge in [-0.3, -0.25) is 9.59 Å². The molecule has 0 atom stereocenters. The summed E-state index contributed by atoms with van der Waals surface area (Å²) in [7, 11) is 0. The molecule has 8 heteroatoms. The van der Waals surface area contributed by atoms with Gasteiger partial charge in [0.2, 0.25) is 0 Å². The Morgan fingerprint density at radius 3 is 2.54 bits per heavy atom. The molecule has 1 aliphatic carbocycles. The smallest absolute Gasteiger partial charge is 0.308 e. The summed E-state index contributed by atoms with van der Waals surface area (Å²) >= 11 is 0. The van der Waals surface area contributed by atoms with Crippen molar-refractivity contribution in [2.75, 3.05) is 19.7 Å². The summed E-state index contributed by atoms with van der Waals surface area (Å²) in [4.78, 5) is 23.5. The molecule has 0 aliphatic heterocycles. The van der Waals surface area contributed by atoms with Gasteiger partial charge in [0.25, 0.3) is 5.91 Å². The minimum absolute atomic E-state index is 0. The zero-order chi connectivity index (χ0) is 18.2. The molecule has 1 amide bonds. The van der Waals surface area contributed by atoms with Crippen molar-refractivity contribution in [3.63, 3.8) is 0 Å². The Morgan fingerprint density at radius 2 is 1.96 bits per heavy atom. The number of halogens is 2. The Labute approximate surface area is 159 Å². The molecule has 0 aromatic heterocycles. The highest BCUT2D eigenvalue weighted by Crippen LogP contribution is 2.29. The average molecular weight is 389 g/mol. The van der Waals surface area contributed by atoms with Gasteiger partial charge in [0.15, 0.2) is 11.6 Å². The van der Waals surface area contributed by atoms with Crippen LogP contribution >= 0.6 is 12.4 Å². The highest BCUT2D eigenvalue weighted by atomic mass is 35.5. The van der Waals surface area contributed by atoms with Crippen LogP contribution in [0.15, 0.2) is 18.2 Å². The van der Waals surface area contributed by atoms with E-state index in [-0.39, 0.29) is 47.6 Å².